The first kappa shape index (κ1) is 8.78. The van der Waals surface area contributed by atoms with Gasteiger partial charge in [0, 0.05) is 10.0 Å². The smallest absolute Gasteiger partial charge is 0.0556 e. The third-order valence-corrected chi connectivity index (χ3v) is 3.78. The summed E-state index contributed by atoms with van der Waals surface area (Å²) in [5.41, 5.74) is 2.38. The standard InChI is InChI=1S/C11H9Cl2N/c1-14-8-4-5-9(14)11-7(13)3-2-6(12)10(8)11/h2-5,8-9H,1H3. The largest absolute Gasteiger partial charge is 0.285 e. The molecule has 0 aromatic heterocycles. The number of hydrogen-bond donors (Lipinski definition) is 0. The van der Waals surface area contributed by atoms with Gasteiger partial charge in [0.25, 0.3) is 0 Å². The molecule has 1 aromatic rings. The predicted octanol–water partition coefficient (Wildman–Crippen LogP) is 3.59. The molecule has 1 aromatic carbocycles. The molecule has 72 valence electrons. The van der Waals surface area contributed by atoms with Crippen LogP contribution in [-0.2, 0) is 0 Å². The lowest BCUT2D eigenvalue weighted by Crippen LogP contribution is -2.13. The summed E-state index contributed by atoms with van der Waals surface area (Å²) in [6.45, 7) is 0. The Morgan fingerprint density at radius 1 is 1.00 bits per heavy atom. The van der Waals surface area contributed by atoms with E-state index in [0.29, 0.717) is 12.1 Å². The zero-order valence-corrected chi connectivity index (χ0v) is 9.18. The van der Waals surface area contributed by atoms with Gasteiger partial charge in [-0.3, -0.25) is 4.90 Å². The van der Waals surface area contributed by atoms with E-state index in [-0.39, 0.29) is 0 Å². The van der Waals surface area contributed by atoms with Gasteiger partial charge in [-0.1, -0.05) is 35.4 Å². The van der Waals surface area contributed by atoms with Crippen molar-refractivity contribution in [3.05, 3.63) is 45.5 Å². The second-order valence-corrected chi connectivity index (χ2v) is 4.61. The summed E-state index contributed by atoms with van der Waals surface area (Å²) in [4.78, 5) is 2.28. The van der Waals surface area contributed by atoms with Gasteiger partial charge >= 0.3 is 0 Å². The van der Waals surface area contributed by atoms with Gasteiger partial charge in [-0.25, -0.2) is 0 Å². The highest BCUT2D eigenvalue weighted by Gasteiger charge is 2.40. The van der Waals surface area contributed by atoms with E-state index >= 15 is 0 Å². The molecule has 0 N–H and O–H groups in total. The van der Waals surface area contributed by atoms with E-state index in [4.69, 9.17) is 23.2 Å². The second kappa shape index (κ2) is 2.75. The molecule has 0 saturated heterocycles. The van der Waals surface area contributed by atoms with Crippen LogP contribution < -0.4 is 0 Å². The lowest BCUT2D eigenvalue weighted by molar-refractivity contribution is 0.299. The minimum Gasteiger partial charge on any atom is -0.285 e. The molecule has 2 aliphatic rings. The Balaban J connectivity index is 2.31. The van der Waals surface area contributed by atoms with Crippen molar-refractivity contribution in [2.45, 2.75) is 12.1 Å². The Morgan fingerprint density at radius 2 is 1.43 bits per heavy atom. The van der Waals surface area contributed by atoms with Crippen LogP contribution in [0.3, 0.4) is 0 Å². The number of likely N-dealkylation sites (N-methyl/N-ethyl adjacent to an activating group) is 1. The van der Waals surface area contributed by atoms with Crippen LogP contribution in [0.15, 0.2) is 24.3 Å². The molecule has 3 heteroatoms. The lowest BCUT2D eigenvalue weighted by Gasteiger charge is -2.14. The summed E-state index contributed by atoms with van der Waals surface area (Å²) in [5.74, 6) is 0. The van der Waals surface area contributed by atoms with Crippen molar-refractivity contribution < 1.29 is 0 Å². The Hall–Kier alpha value is -0.500. The summed E-state index contributed by atoms with van der Waals surface area (Å²) in [6, 6.07) is 4.40. The topological polar surface area (TPSA) is 3.24 Å². The lowest BCUT2D eigenvalue weighted by atomic mass is 9.97. The van der Waals surface area contributed by atoms with Crippen LogP contribution in [0.25, 0.3) is 0 Å². The zero-order chi connectivity index (χ0) is 9.87. The van der Waals surface area contributed by atoms with E-state index in [0.717, 1.165) is 10.0 Å². The quantitative estimate of drug-likeness (QED) is 0.611. The molecule has 2 bridgehead atoms. The van der Waals surface area contributed by atoms with Crippen molar-refractivity contribution in [3.63, 3.8) is 0 Å². The van der Waals surface area contributed by atoms with Gasteiger partial charge in [0.15, 0.2) is 0 Å². The summed E-state index contributed by atoms with van der Waals surface area (Å²) >= 11 is 12.4. The van der Waals surface area contributed by atoms with Crippen molar-refractivity contribution in [1.29, 1.82) is 0 Å². The molecule has 0 saturated carbocycles. The molecule has 14 heavy (non-hydrogen) atoms. The average Bonchev–Trinajstić information content (AvgIpc) is 2.67. The SMILES string of the molecule is CN1C2C=CC1c1c(Cl)ccc(Cl)c12. The summed E-state index contributed by atoms with van der Waals surface area (Å²) in [5, 5.41) is 1.65. The van der Waals surface area contributed by atoms with Crippen molar-refractivity contribution in [2.75, 3.05) is 7.05 Å². The third kappa shape index (κ3) is 0.902. The first-order chi connectivity index (χ1) is 6.70. The van der Waals surface area contributed by atoms with Crippen molar-refractivity contribution in [3.8, 4) is 0 Å². The number of fused-ring (bicyclic) bond motifs is 5. The Labute approximate surface area is 92.9 Å². The Kier molecular flexibility index (Phi) is 1.73. The molecular formula is C11H9Cl2N. The summed E-state index contributed by atoms with van der Waals surface area (Å²) < 4.78 is 0. The fourth-order valence-electron chi connectivity index (χ4n) is 2.44. The molecular weight excluding hydrogens is 217 g/mol. The number of nitrogens with zero attached hydrogens (tertiary/aromatic N) is 1. The van der Waals surface area contributed by atoms with E-state index in [1.54, 1.807) is 0 Å². The molecule has 0 spiro atoms. The molecule has 0 fully saturated rings. The Morgan fingerprint density at radius 3 is 1.86 bits per heavy atom. The van der Waals surface area contributed by atoms with Crippen LogP contribution in [0.1, 0.15) is 23.2 Å². The molecule has 3 rings (SSSR count). The van der Waals surface area contributed by atoms with Gasteiger partial charge < -0.3 is 0 Å². The van der Waals surface area contributed by atoms with Crippen LogP contribution in [0.5, 0.6) is 0 Å². The highest BCUT2D eigenvalue weighted by Crippen LogP contribution is 2.52. The average molecular weight is 226 g/mol. The maximum absolute atomic E-state index is 6.18. The monoisotopic (exact) mass is 225 g/mol. The van der Waals surface area contributed by atoms with Gasteiger partial charge in [0.05, 0.1) is 12.1 Å². The van der Waals surface area contributed by atoms with Gasteiger partial charge in [-0.2, -0.15) is 0 Å². The van der Waals surface area contributed by atoms with Crippen molar-refractivity contribution >= 4 is 23.2 Å². The van der Waals surface area contributed by atoms with Crippen LogP contribution in [-0.4, -0.2) is 11.9 Å². The first-order valence-corrected chi connectivity index (χ1v) is 5.34. The maximum atomic E-state index is 6.18. The van der Waals surface area contributed by atoms with E-state index in [1.807, 2.05) is 12.1 Å². The molecule has 2 atom stereocenters. The zero-order valence-electron chi connectivity index (χ0n) is 7.67. The van der Waals surface area contributed by atoms with E-state index < -0.39 is 0 Å². The predicted molar refractivity (Wildman–Crippen MR) is 58.8 cm³/mol. The molecule has 0 aliphatic carbocycles. The number of rotatable bonds is 0. The summed E-state index contributed by atoms with van der Waals surface area (Å²) in [7, 11) is 2.10. The first-order valence-electron chi connectivity index (χ1n) is 4.58. The molecule has 2 aliphatic heterocycles. The van der Waals surface area contributed by atoms with E-state index in [2.05, 4.69) is 24.1 Å². The fourth-order valence-corrected chi connectivity index (χ4v) is 2.99. The molecule has 1 nitrogen and oxygen atoms in total. The molecule has 0 radical (unpaired) electrons. The van der Waals surface area contributed by atoms with Gasteiger partial charge in [0.1, 0.15) is 0 Å². The highest BCUT2D eigenvalue weighted by molar-refractivity contribution is 6.34. The van der Waals surface area contributed by atoms with Crippen LogP contribution in [0.4, 0.5) is 0 Å². The minimum absolute atomic E-state index is 0.321. The number of benzene rings is 1. The van der Waals surface area contributed by atoms with Crippen molar-refractivity contribution in [1.82, 2.24) is 4.90 Å². The van der Waals surface area contributed by atoms with Crippen LogP contribution in [0.2, 0.25) is 10.0 Å². The number of halogens is 2. The second-order valence-electron chi connectivity index (χ2n) is 3.80. The van der Waals surface area contributed by atoms with Gasteiger partial charge in [0.2, 0.25) is 0 Å². The maximum Gasteiger partial charge on any atom is 0.0556 e. The number of hydrogen-bond acceptors (Lipinski definition) is 1. The normalized spacial score (nSPS) is 28.5. The minimum atomic E-state index is 0.321. The third-order valence-electron chi connectivity index (χ3n) is 3.13. The molecule has 2 heterocycles. The Bertz CT molecular complexity index is 400. The summed E-state index contributed by atoms with van der Waals surface area (Å²) in [6.07, 6.45) is 4.38. The molecule has 2 unspecified atom stereocenters. The molecule has 0 amide bonds. The van der Waals surface area contributed by atoms with Gasteiger partial charge in [-0.15, -0.1) is 0 Å². The van der Waals surface area contributed by atoms with Crippen LogP contribution >= 0.6 is 23.2 Å². The fraction of sp³-hybridized carbons (Fsp3) is 0.273. The van der Waals surface area contributed by atoms with Crippen LogP contribution in [0, 0.1) is 0 Å². The van der Waals surface area contributed by atoms with E-state index in [9.17, 15) is 0 Å². The van der Waals surface area contributed by atoms with E-state index in [1.165, 1.54) is 11.1 Å². The highest BCUT2D eigenvalue weighted by atomic mass is 35.5. The van der Waals surface area contributed by atoms with Crippen molar-refractivity contribution in [2.24, 2.45) is 0 Å². The van der Waals surface area contributed by atoms with Gasteiger partial charge in [-0.05, 0) is 30.3 Å².